The first-order valence-electron chi connectivity index (χ1n) is 11.3. The summed E-state index contributed by atoms with van der Waals surface area (Å²) in [4.78, 5) is 25.7. The average Bonchev–Trinajstić information content (AvgIpc) is 2.83. The molecule has 0 aliphatic carbocycles. The van der Waals surface area contributed by atoms with Crippen LogP contribution in [0.2, 0.25) is 0 Å². The number of carbonyl (C=O) groups is 2. The number of allylic oxidation sites excluding steroid dienone is 2. The zero-order valence-corrected chi connectivity index (χ0v) is 21.4. The minimum absolute atomic E-state index is 0.202. The van der Waals surface area contributed by atoms with E-state index in [0.717, 1.165) is 20.9 Å². The molecule has 0 aliphatic rings. The van der Waals surface area contributed by atoms with Gasteiger partial charge in [0.05, 0.1) is 26.1 Å². The van der Waals surface area contributed by atoms with Gasteiger partial charge in [-0.1, -0.05) is 12.2 Å². The molecule has 0 bridgehead atoms. The van der Waals surface area contributed by atoms with Crippen LogP contribution in [0.3, 0.4) is 0 Å². The Bertz CT molecular complexity index is 926. The quantitative estimate of drug-likeness (QED) is 0.127. The Labute approximate surface area is 215 Å². The van der Waals surface area contributed by atoms with Crippen molar-refractivity contribution in [2.45, 2.75) is 41.9 Å². The lowest BCUT2D eigenvalue weighted by atomic mass is 10.1. The lowest BCUT2D eigenvalue weighted by Crippen LogP contribution is -2.11. The highest BCUT2D eigenvalue weighted by Gasteiger charge is 2.08. The van der Waals surface area contributed by atoms with Gasteiger partial charge in [-0.3, -0.25) is 9.59 Å². The highest BCUT2D eigenvalue weighted by Crippen LogP contribution is 2.27. The fourth-order valence-corrected chi connectivity index (χ4v) is 4.81. The number of phenolic OH excluding ortho intramolecular Hbond substituents is 2. The summed E-state index contributed by atoms with van der Waals surface area (Å²) in [5.74, 6) is 1.02. The van der Waals surface area contributed by atoms with Gasteiger partial charge >= 0.3 is 11.9 Å². The molecule has 2 rings (SSSR count). The van der Waals surface area contributed by atoms with E-state index in [2.05, 4.69) is 13.2 Å². The van der Waals surface area contributed by atoms with Gasteiger partial charge in [0.25, 0.3) is 0 Å². The standard InChI is InChI=1S/C27H32O6S2/c1-3-6-20-18-22(8-10-24(20)28)34-16-12-26(30)32-14-5-15-33-27(31)13-17-35-23-9-11-25(29)21(19-23)7-4-2/h3-4,8-11,18-19,28-29H,1-2,5-7,12-17H2. The number of thioether (sulfide) groups is 2. The van der Waals surface area contributed by atoms with Crippen molar-refractivity contribution in [1.29, 1.82) is 0 Å². The topological polar surface area (TPSA) is 93.1 Å². The van der Waals surface area contributed by atoms with Crippen molar-refractivity contribution in [2.24, 2.45) is 0 Å². The van der Waals surface area contributed by atoms with Gasteiger partial charge in [0, 0.05) is 27.7 Å². The second-order valence-electron chi connectivity index (χ2n) is 7.56. The van der Waals surface area contributed by atoms with E-state index >= 15 is 0 Å². The van der Waals surface area contributed by atoms with Gasteiger partial charge in [-0.2, -0.15) is 0 Å². The monoisotopic (exact) mass is 516 g/mol. The number of aromatic hydroxyl groups is 2. The number of rotatable bonds is 16. The van der Waals surface area contributed by atoms with Crippen molar-refractivity contribution in [3.8, 4) is 11.5 Å². The molecule has 2 N–H and O–H groups in total. The Morgan fingerprint density at radius 2 is 1.20 bits per heavy atom. The molecule has 35 heavy (non-hydrogen) atoms. The van der Waals surface area contributed by atoms with Crippen LogP contribution in [0.4, 0.5) is 0 Å². The molecule has 0 unspecified atom stereocenters. The molecule has 2 aromatic carbocycles. The fraction of sp³-hybridized carbons (Fsp3) is 0.333. The highest BCUT2D eigenvalue weighted by molar-refractivity contribution is 7.99. The Balaban J connectivity index is 1.53. The van der Waals surface area contributed by atoms with E-state index in [4.69, 9.17) is 9.47 Å². The van der Waals surface area contributed by atoms with Crippen LogP contribution in [-0.4, -0.2) is 46.9 Å². The molecule has 0 spiro atoms. The number of hydrogen-bond acceptors (Lipinski definition) is 8. The first-order chi connectivity index (χ1) is 16.9. The molecule has 8 heteroatoms. The second-order valence-corrected chi connectivity index (χ2v) is 9.89. The van der Waals surface area contributed by atoms with Gasteiger partial charge in [0.15, 0.2) is 0 Å². The van der Waals surface area contributed by atoms with Crippen molar-refractivity contribution in [3.05, 3.63) is 72.8 Å². The van der Waals surface area contributed by atoms with E-state index < -0.39 is 0 Å². The molecule has 0 amide bonds. The van der Waals surface area contributed by atoms with Crippen molar-refractivity contribution in [2.75, 3.05) is 24.7 Å². The van der Waals surface area contributed by atoms with Crippen LogP contribution in [-0.2, 0) is 31.9 Å². The van der Waals surface area contributed by atoms with Crippen LogP contribution >= 0.6 is 23.5 Å². The van der Waals surface area contributed by atoms with Crippen molar-refractivity contribution < 1.29 is 29.3 Å². The van der Waals surface area contributed by atoms with Gasteiger partial charge in [-0.25, -0.2) is 0 Å². The Morgan fingerprint density at radius 1 is 0.771 bits per heavy atom. The first kappa shape index (κ1) is 28.4. The van der Waals surface area contributed by atoms with Gasteiger partial charge < -0.3 is 19.7 Å². The van der Waals surface area contributed by atoms with Gasteiger partial charge in [0.2, 0.25) is 0 Å². The summed E-state index contributed by atoms with van der Waals surface area (Å²) >= 11 is 3.04. The third kappa shape index (κ3) is 11.0. The lowest BCUT2D eigenvalue weighted by molar-refractivity contribution is -0.145. The van der Waals surface area contributed by atoms with Crippen molar-refractivity contribution >= 4 is 35.5 Å². The van der Waals surface area contributed by atoms with E-state index in [1.165, 1.54) is 23.5 Å². The van der Waals surface area contributed by atoms with Crippen LogP contribution in [0.15, 0.2) is 71.5 Å². The number of esters is 2. The van der Waals surface area contributed by atoms with Crippen molar-refractivity contribution in [1.82, 2.24) is 0 Å². The molecule has 6 nitrogen and oxygen atoms in total. The average molecular weight is 517 g/mol. The molecule has 2 aromatic rings. The number of carbonyl (C=O) groups excluding carboxylic acids is 2. The van der Waals surface area contributed by atoms with E-state index in [-0.39, 0.29) is 49.5 Å². The van der Waals surface area contributed by atoms with Crippen LogP contribution < -0.4 is 0 Å². The van der Waals surface area contributed by atoms with E-state index in [0.29, 0.717) is 30.8 Å². The third-order valence-electron chi connectivity index (χ3n) is 4.80. The summed E-state index contributed by atoms with van der Waals surface area (Å²) in [6.07, 6.45) is 5.62. The van der Waals surface area contributed by atoms with E-state index in [1.54, 1.807) is 24.3 Å². The second kappa shape index (κ2) is 15.9. The SMILES string of the molecule is C=CCc1cc(SCCC(=O)OCCCOC(=O)CCSc2ccc(O)c(CC=C)c2)ccc1O. The molecule has 0 radical (unpaired) electrons. The maximum absolute atomic E-state index is 11.9. The summed E-state index contributed by atoms with van der Waals surface area (Å²) < 4.78 is 10.4. The zero-order chi connectivity index (χ0) is 25.5. The van der Waals surface area contributed by atoms with E-state index in [1.807, 2.05) is 24.3 Å². The Hall–Kier alpha value is -2.84. The number of phenols is 2. The number of benzene rings is 2. The number of hydrogen-bond donors (Lipinski definition) is 2. The molecule has 188 valence electrons. The van der Waals surface area contributed by atoms with Crippen LogP contribution in [0, 0.1) is 0 Å². The molecule has 0 fully saturated rings. The van der Waals surface area contributed by atoms with Crippen LogP contribution in [0.5, 0.6) is 11.5 Å². The summed E-state index contributed by atoms with van der Waals surface area (Å²) in [5, 5.41) is 19.6. The largest absolute Gasteiger partial charge is 0.508 e. The smallest absolute Gasteiger partial charge is 0.306 e. The fourth-order valence-electron chi connectivity index (χ4n) is 3.02. The summed E-state index contributed by atoms with van der Waals surface area (Å²) in [6, 6.07) is 10.7. The van der Waals surface area contributed by atoms with Crippen LogP contribution in [0.1, 0.15) is 30.4 Å². The van der Waals surface area contributed by atoms with Gasteiger partial charge in [0.1, 0.15) is 11.5 Å². The van der Waals surface area contributed by atoms with Crippen LogP contribution in [0.25, 0.3) is 0 Å². The summed E-state index contributed by atoms with van der Waals surface area (Å²) in [7, 11) is 0. The molecule has 0 aliphatic heterocycles. The maximum atomic E-state index is 11.9. The number of ether oxygens (including phenoxy) is 2. The predicted octanol–water partition coefficient (Wildman–Crippen LogP) is 5.70. The minimum Gasteiger partial charge on any atom is -0.508 e. The molecule has 0 saturated heterocycles. The molecule has 0 aromatic heterocycles. The molecule has 0 atom stereocenters. The normalized spacial score (nSPS) is 10.5. The third-order valence-corrected chi connectivity index (χ3v) is 6.79. The Kier molecular flexibility index (Phi) is 12.9. The maximum Gasteiger partial charge on any atom is 0.306 e. The summed E-state index contributed by atoms with van der Waals surface area (Å²) in [6.45, 7) is 7.77. The molecular formula is C27H32O6S2. The molecule has 0 saturated carbocycles. The minimum atomic E-state index is -0.296. The molecule has 0 heterocycles. The zero-order valence-electron chi connectivity index (χ0n) is 19.7. The Morgan fingerprint density at radius 3 is 1.60 bits per heavy atom. The van der Waals surface area contributed by atoms with E-state index in [9.17, 15) is 19.8 Å². The lowest BCUT2D eigenvalue weighted by Gasteiger charge is -2.08. The predicted molar refractivity (Wildman–Crippen MR) is 141 cm³/mol. The van der Waals surface area contributed by atoms with Gasteiger partial charge in [-0.15, -0.1) is 36.7 Å². The molecular weight excluding hydrogens is 484 g/mol. The highest BCUT2D eigenvalue weighted by atomic mass is 32.2. The van der Waals surface area contributed by atoms with Gasteiger partial charge in [-0.05, 0) is 60.4 Å². The van der Waals surface area contributed by atoms with Crippen molar-refractivity contribution in [3.63, 3.8) is 0 Å². The first-order valence-corrected chi connectivity index (χ1v) is 13.3. The summed E-state index contributed by atoms with van der Waals surface area (Å²) in [5.41, 5.74) is 1.61.